The van der Waals surface area contributed by atoms with E-state index in [-0.39, 0.29) is 23.6 Å². The molecule has 0 aromatic heterocycles. The smallest absolute Gasteiger partial charge is 0.343 e. The molecule has 0 heterocycles. The zero-order valence-electron chi connectivity index (χ0n) is 13.9. The van der Waals surface area contributed by atoms with E-state index in [1.54, 1.807) is 12.1 Å². The van der Waals surface area contributed by atoms with Crippen molar-refractivity contribution in [3.8, 4) is 11.5 Å². The fraction of sp³-hybridized carbons (Fsp3) is 0.176. The monoisotopic (exact) mass is 359 g/mol. The summed E-state index contributed by atoms with van der Waals surface area (Å²) in [4.78, 5) is 22.4. The molecule has 26 heavy (non-hydrogen) atoms. The van der Waals surface area contributed by atoms with Gasteiger partial charge in [0, 0.05) is 12.1 Å². The summed E-state index contributed by atoms with van der Waals surface area (Å²) in [7, 11) is 1.42. The summed E-state index contributed by atoms with van der Waals surface area (Å²) in [6.07, 6.45) is 1.52. The Labute approximate surface area is 149 Å². The number of nitrogens with one attached hydrogen (secondary N) is 1. The van der Waals surface area contributed by atoms with Gasteiger partial charge in [0.25, 0.3) is 5.69 Å². The van der Waals surface area contributed by atoms with Crippen molar-refractivity contribution < 1.29 is 24.3 Å². The predicted molar refractivity (Wildman–Crippen MR) is 93.7 cm³/mol. The van der Waals surface area contributed by atoms with E-state index < -0.39 is 10.9 Å². The molecule has 0 saturated heterocycles. The second-order valence-corrected chi connectivity index (χ2v) is 5.00. The van der Waals surface area contributed by atoms with Crippen LogP contribution in [0, 0.1) is 10.1 Å². The van der Waals surface area contributed by atoms with Crippen molar-refractivity contribution in [3.63, 3.8) is 0 Å². The Balaban J connectivity index is 2.15. The van der Waals surface area contributed by atoms with Gasteiger partial charge in [-0.1, -0.05) is 6.07 Å². The van der Waals surface area contributed by atoms with Crippen LogP contribution in [-0.4, -0.2) is 42.5 Å². The summed E-state index contributed by atoms with van der Waals surface area (Å²) in [5, 5.41) is 23.4. The van der Waals surface area contributed by atoms with Gasteiger partial charge in [-0.15, -0.1) is 0 Å². The Bertz CT molecular complexity index is 822. The first-order valence-corrected chi connectivity index (χ1v) is 7.56. The molecule has 0 saturated carbocycles. The van der Waals surface area contributed by atoms with E-state index in [4.69, 9.17) is 14.6 Å². The van der Waals surface area contributed by atoms with Crippen LogP contribution in [0.3, 0.4) is 0 Å². The van der Waals surface area contributed by atoms with Crippen LogP contribution in [-0.2, 0) is 0 Å². The van der Waals surface area contributed by atoms with Crippen molar-refractivity contribution in [2.75, 3.05) is 20.3 Å². The highest BCUT2D eigenvalue weighted by Gasteiger charge is 2.15. The van der Waals surface area contributed by atoms with Crippen molar-refractivity contribution in [1.82, 2.24) is 5.43 Å². The topological polar surface area (TPSA) is 123 Å². The fourth-order valence-electron chi connectivity index (χ4n) is 1.99. The Morgan fingerprint density at radius 1 is 1.31 bits per heavy atom. The zero-order valence-corrected chi connectivity index (χ0v) is 13.9. The summed E-state index contributed by atoms with van der Waals surface area (Å²) < 4.78 is 10.5. The van der Waals surface area contributed by atoms with E-state index in [2.05, 4.69) is 10.5 Å². The second-order valence-electron chi connectivity index (χ2n) is 5.00. The van der Waals surface area contributed by atoms with Crippen LogP contribution in [0.25, 0.3) is 0 Å². The number of methoxy groups -OCH3 is 1. The van der Waals surface area contributed by atoms with E-state index in [1.807, 2.05) is 0 Å². The number of hydrogen-bond acceptors (Lipinski definition) is 8. The highest BCUT2D eigenvalue weighted by atomic mass is 16.6. The molecule has 0 atom stereocenters. The largest absolute Gasteiger partial charge is 0.493 e. The van der Waals surface area contributed by atoms with Gasteiger partial charge in [0.05, 0.1) is 37.0 Å². The third kappa shape index (κ3) is 5.02. The van der Waals surface area contributed by atoms with E-state index in [0.29, 0.717) is 17.9 Å². The van der Waals surface area contributed by atoms with Crippen LogP contribution < -0.4 is 14.9 Å². The number of benzene rings is 2. The summed E-state index contributed by atoms with van der Waals surface area (Å²) in [5.74, 6) is -0.266. The van der Waals surface area contributed by atoms with Gasteiger partial charge in [-0.25, -0.2) is 4.79 Å². The summed E-state index contributed by atoms with van der Waals surface area (Å²) in [5.41, 5.74) is 3.18. The van der Waals surface area contributed by atoms with Gasteiger partial charge in [-0.3, -0.25) is 10.1 Å². The van der Waals surface area contributed by atoms with Crippen molar-refractivity contribution in [1.29, 1.82) is 0 Å². The summed E-state index contributed by atoms with van der Waals surface area (Å²) in [6, 6.07) is 10.1. The minimum absolute atomic E-state index is 0.0345. The molecule has 2 aromatic carbocycles. The standard InChI is InChI=1S/C17H17N3O6/c1-25-16-9-12(11-19-18-7-8-21)5-6-15(16)26-17(22)13-3-2-4-14(10-13)20(23)24/h2-6,9-11,18,21H,7-8H2,1H3. The number of esters is 1. The molecule has 0 bridgehead atoms. The lowest BCUT2D eigenvalue weighted by atomic mass is 10.2. The van der Waals surface area contributed by atoms with Crippen molar-refractivity contribution in [2.45, 2.75) is 0 Å². The highest BCUT2D eigenvalue weighted by Crippen LogP contribution is 2.28. The number of nitrogens with zero attached hydrogens (tertiary/aromatic N) is 2. The van der Waals surface area contributed by atoms with Crippen LogP contribution in [0.2, 0.25) is 0 Å². The number of hydrazone groups is 1. The lowest BCUT2D eigenvalue weighted by Crippen LogP contribution is -2.11. The van der Waals surface area contributed by atoms with Gasteiger partial charge >= 0.3 is 5.97 Å². The number of aliphatic hydroxyl groups is 1. The zero-order chi connectivity index (χ0) is 18.9. The third-order valence-electron chi connectivity index (χ3n) is 3.21. The molecule has 9 nitrogen and oxygen atoms in total. The predicted octanol–water partition coefficient (Wildman–Crippen LogP) is 1.74. The van der Waals surface area contributed by atoms with Crippen molar-refractivity contribution in [3.05, 3.63) is 63.7 Å². The number of ether oxygens (including phenoxy) is 2. The molecule has 0 radical (unpaired) electrons. The molecule has 9 heteroatoms. The Morgan fingerprint density at radius 3 is 2.81 bits per heavy atom. The van der Waals surface area contributed by atoms with Crippen LogP contribution >= 0.6 is 0 Å². The third-order valence-corrected chi connectivity index (χ3v) is 3.21. The maximum absolute atomic E-state index is 12.2. The molecule has 0 amide bonds. The highest BCUT2D eigenvalue weighted by molar-refractivity contribution is 5.92. The first-order chi connectivity index (χ1) is 12.5. The summed E-state index contributed by atoms with van der Waals surface area (Å²) >= 11 is 0. The molecule has 136 valence electrons. The maximum atomic E-state index is 12.2. The number of carbonyl (C=O) groups is 1. The normalized spacial score (nSPS) is 10.5. The molecule has 0 unspecified atom stereocenters. The molecule has 0 aliphatic carbocycles. The number of nitro groups is 1. The molecular formula is C17H17N3O6. The average molecular weight is 359 g/mol. The first kappa shape index (κ1) is 18.9. The number of carbonyl (C=O) groups excluding carboxylic acids is 1. The van der Waals surface area contributed by atoms with Gasteiger partial charge in [0.1, 0.15) is 0 Å². The van der Waals surface area contributed by atoms with Crippen LogP contribution in [0.5, 0.6) is 11.5 Å². The Morgan fingerprint density at radius 2 is 2.12 bits per heavy atom. The first-order valence-electron chi connectivity index (χ1n) is 7.56. The van der Waals surface area contributed by atoms with Gasteiger partial charge in [-0.2, -0.15) is 5.10 Å². The summed E-state index contributed by atoms with van der Waals surface area (Å²) in [6.45, 7) is 0.291. The maximum Gasteiger partial charge on any atom is 0.343 e. The van der Waals surface area contributed by atoms with E-state index >= 15 is 0 Å². The SMILES string of the molecule is COc1cc(C=NNCCO)ccc1OC(=O)c1cccc([N+](=O)[O-])c1. The molecule has 2 rings (SSSR count). The Hall–Kier alpha value is -3.46. The van der Waals surface area contributed by atoms with Gasteiger partial charge in [0.2, 0.25) is 0 Å². The molecule has 0 aliphatic heterocycles. The Kier molecular flexibility index (Phi) is 6.63. The van der Waals surface area contributed by atoms with E-state index in [1.165, 1.54) is 37.6 Å². The molecule has 0 aliphatic rings. The van der Waals surface area contributed by atoms with Gasteiger partial charge in [0.15, 0.2) is 11.5 Å². The van der Waals surface area contributed by atoms with Crippen LogP contribution in [0.1, 0.15) is 15.9 Å². The van der Waals surface area contributed by atoms with E-state index in [9.17, 15) is 14.9 Å². The molecular weight excluding hydrogens is 342 g/mol. The molecule has 2 aromatic rings. The van der Waals surface area contributed by atoms with Gasteiger partial charge in [-0.05, 0) is 29.8 Å². The lowest BCUT2D eigenvalue weighted by molar-refractivity contribution is -0.384. The minimum Gasteiger partial charge on any atom is -0.493 e. The molecule has 0 fully saturated rings. The average Bonchev–Trinajstić information content (AvgIpc) is 2.66. The number of non-ortho nitro benzene ring substituents is 1. The number of nitro benzene ring substituents is 1. The van der Waals surface area contributed by atoms with E-state index in [0.717, 1.165) is 6.07 Å². The molecule has 2 N–H and O–H groups in total. The number of rotatable bonds is 8. The van der Waals surface area contributed by atoms with Crippen LogP contribution in [0.4, 0.5) is 5.69 Å². The fourth-order valence-corrected chi connectivity index (χ4v) is 1.99. The van der Waals surface area contributed by atoms with Crippen LogP contribution in [0.15, 0.2) is 47.6 Å². The molecule has 0 spiro atoms. The quantitative estimate of drug-likeness (QED) is 0.184. The van der Waals surface area contributed by atoms with Crippen molar-refractivity contribution in [2.24, 2.45) is 5.10 Å². The van der Waals surface area contributed by atoms with Crippen molar-refractivity contribution >= 4 is 17.9 Å². The minimum atomic E-state index is -0.738. The lowest BCUT2D eigenvalue weighted by Gasteiger charge is -2.10. The second kappa shape index (κ2) is 9.14. The number of aliphatic hydroxyl groups excluding tert-OH is 1. The number of hydrogen-bond donors (Lipinski definition) is 2. The van der Waals surface area contributed by atoms with Gasteiger partial charge < -0.3 is 20.0 Å².